The van der Waals surface area contributed by atoms with Gasteiger partial charge < -0.3 is 10.5 Å². The van der Waals surface area contributed by atoms with Crippen LogP contribution in [-0.2, 0) is 16.0 Å². The maximum absolute atomic E-state index is 11.7. The zero-order valence-corrected chi connectivity index (χ0v) is 11.0. The molecule has 0 saturated heterocycles. The number of benzene rings is 1. The lowest BCUT2D eigenvalue weighted by molar-refractivity contribution is -0.156. The number of hydrogen-bond acceptors (Lipinski definition) is 3. The van der Waals surface area contributed by atoms with Gasteiger partial charge in [-0.1, -0.05) is 29.8 Å². The van der Waals surface area contributed by atoms with E-state index >= 15 is 0 Å². The van der Waals surface area contributed by atoms with Crippen LogP contribution in [0.4, 0.5) is 0 Å². The van der Waals surface area contributed by atoms with E-state index in [2.05, 4.69) is 0 Å². The average molecular weight is 235 g/mol. The van der Waals surface area contributed by atoms with Crippen molar-refractivity contribution in [1.82, 2.24) is 0 Å². The fourth-order valence-electron chi connectivity index (χ4n) is 1.55. The van der Waals surface area contributed by atoms with E-state index in [1.165, 1.54) is 5.56 Å². The minimum atomic E-state index is -0.601. The van der Waals surface area contributed by atoms with E-state index in [-0.39, 0.29) is 5.97 Å². The topological polar surface area (TPSA) is 52.3 Å². The smallest absolute Gasteiger partial charge is 0.323 e. The SMILES string of the molecule is Cc1cccc(C[C@H](N)C(=O)OC(C)(C)C)c1. The van der Waals surface area contributed by atoms with Crippen LogP contribution in [0.15, 0.2) is 24.3 Å². The number of hydrogen-bond donors (Lipinski definition) is 1. The average Bonchev–Trinajstić information content (AvgIpc) is 2.14. The van der Waals surface area contributed by atoms with E-state index in [9.17, 15) is 4.79 Å². The maximum atomic E-state index is 11.7. The normalized spacial score (nSPS) is 13.2. The number of aryl methyl sites for hydroxylation is 1. The number of nitrogens with two attached hydrogens (primary N) is 1. The standard InChI is InChI=1S/C14H21NO2/c1-10-6-5-7-11(8-10)9-12(15)13(16)17-14(2,3)4/h5-8,12H,9,15H2,1-4H3/t12-/m0/s1. The summed E-state index contributed by atoms with van der Waals surface area (Å²) in [6.45, 7) is 7.53. The van der Waals surface area contributed by atoms with Gasteiger partial charge in [-0.3, -0.25) is 4.79 Å². The molecule has 1 atom stereocenters. The van der Waals surface area contributed by atoms with Crippen molar-refractivity contribution in [2.75, 3.05) is 0 Å². The molecule has 2 N–H and O–H groups in total. The Morgan fingerprint density at radius 2 is 2.06 bits per heavy atom. The molecule has 3 nitrogen and oxygen atoms in total. The van der Waals surface area contributed by atoms with Gasteiger partial charge in [-0.2, -0.15) is 0 Å². The summed E-state index contributed by atoms with van der Waals surface area (Å²) in [7, 11) is 0. The van der Waals surface area contributed by atoms with Crippen molar-refractivity contribution >= 4 is 5.97 Å². The molecule has 0 bridgehead atoms. The Kier molecular flexibility index (Phi) is 4.29. The summed E-state index contributed by atoms with van der Waals surface area (Å²) >= 11 is 0. The molecule has 1 aromatic carbocycles. The van der Waals surface area contributed by atoms with Crippen LogP contribution in [0.5, 0.6) is 0 Å². The Morgan fingerprint density at radius 1 is 1.41 bits per heavy atom. The first kappa shape index (κ1) is 13.7. The van der Waals surface area contributed by atoms with Crippen LogP contribution in [0.2, 0.25) is 0 Å². The van der Waals surface area contributed by atoms with Crippen LogP contribution in [-0.4, -0.2) is 17.6 Å². The Balaban J connectivity index is 2.60. The highest BCUT2D eigenvalue weighted by molar-refractivity contribution is 5.76. The first-order valence-electron chi connectivity index (χ1n) is 5.82. The van der Waals surface area contributed by atoms with E-state index < -0.39 is 11.6 Å². The molecule has 0 unspecified atom stereocenters. The fraction of sp³-hybridized carbons (Fsp3) is 0.500. The molecule has 0 saturated carbocycles. The van der Waals surface area contributed by atoms with E-state index in [0.29, 0.717) is 6.42 Å². The van der Waals surface area contributed by atoms with Crippen molar-refractivity contribution in [3.8, 4) is 0 Å². The Bertz CT molecular complexity index is 393. The maximum Gasteiger partial charge on any atom is 0.323 e. The van der Waals surface area contributed by atoms with E-state index in [1.54, 1.807) is 0 Å². The van der Waals surface area contributed by atoms with Gasteiger partial charge in [0, 0.05) is 0 Å². The number of rotatable bonds is 3. The summed E-state index contributed by atoms with van der Waals surface area (Å²) in [6.07, 6.45) is 0.511. The molecular weight excluding hydrogens is 214 g/mol. The largest absolute Gasteiger partial charge is 0.459 e. The zero-order valence-electron chi connectivity index (χ0n) is 11.0. The summed E-state index contributed by atoms with van der Waals surface area (Å²) < 4.78 is 5.24. The number of ether oxygens (including phenoxy) is 1. The van der Waals surface area contributed by atoms with Gasteiger partial charge in [0.25, 0.3) is 0 Å². The third kappa shape index (κ3) is 5.00. The van der Waals surface area contributed by atoms with Crippen molar-refractivity contribution < 1.29 is 9.53 Å². The van der Waals surface area contributed by atoms with Gasteiger partial charge in [0.1, 0.15) is 11.6 Å². The lowest BCUT2D eigenvalue weighted by atomic mass is 10.0. The van der Waals surface area contributed by atoms with Crippen molar-refractivity contribution in [3.05, 3.63) is 35.4 Å². The Hall–Kier alpha value is -1.35. The molecule has 0 amide bonds. The highest BCUT2D eigenvalue weighted by atomic mass is 16.6. The molecule has 0 fully saturated rings. The highest BCUT2D eigenvalue weighted by Gasteiger charge is 2.22. The van der Waals surface area contributed by atoms with Gasteiger partial charge in [-0.25, -0.2) is 0 Å². The molecule has 1 aromatic rings. The number of esters is 1. The highest BCUT2D eigenvalue weighted by Crippen LogP contribution is 2.11. The van der Waals surface area contributed by atoms with Crippen LogP contribution >= 0.6 is 0 Å². The lowest BCUT2D eigenvalue weighted by Crippen LogP contribution is -2.38. The second-order valence-corrected chi connectivity index (χ2v) is 5.33. The first-order valence-corrected chi connectivity index (χ1v) is 5.82. The summed E-state index contributed by atoms with van der Waals surface area (Å²) in [4.78, 5) is 11.7. The van der Waals surface area contributed by atoms with E-state index in [1.807, 2.05) is 52.0 Å². The molecule has 0 aliphatic carbocycles. The molecule has 17 heavy (non-hydrogen) atoms. The van der Waals surface area contributed by atoms with Crippen LogP contribution in [0.1, 0.15) is 31.9 Å². The molecular formula is C14H21NO2. The lowest BCUT2D eigenvalue weighted by Gasteiger charge is -2.22. The second kappa shape index (κ2) is 5.32. The van der Waals surface area contributed by atoms with Crippen molar-refractivity contribution in [3.63, 3.8) is 0 Å². The van der Waals surface area contributed by atoms with Crippen LogP contribution < -0.4 is 5.73 Å². The van der Waals surface area contributed by atoms with Gasteiger partial charge in [-0.05, 0) is 39.7 Å². The summed E-state index contributed by atoms with van der Waals surface area (Å²) in [6, 6.07) is 7.38. The number of carbonyl (C=O) groups excluding carboxylic acids is 1. The fourth-order valence-corrected chi connectivity index (χ4v) is 1.55. The van der Waals surface area contributed by atoms with Crippen LogP contribution in [0.25, 0.3) is 0 Å². The van der Waals surface area contributed by atoms with Gasteiger partial charge in [0.05, 0.1) is 0 Å². The molecule has 1 rings (SSSR count). The predicted octanol–water partition coefficient (Wildman–Crippen LogP) is 2.21. The zero-order chi connectivity index (χ0) is 13.1. The van der Waals surface area contributed by atoms with Crippen molar-refractivity contribution in [2.45, 2.75) is 45.8 Å². The van der Waals surface area contributed by atoms with E-state index in [4.69, 9.17) is 10.5 Å². The van der Waals surface area contributed by atoms with Gasteiger partial charge in [-0.15, -0.1) is 0 Å². The Labute approximate surface area is 103 Å². The molecule has 0 radical (unpaired) electrons. The summed E-state index contributed by atoms with van der Waals surface area (Å²) in [5, 5.41) is 0. The summed E-state index contributed by atoms with van der Waals surface area (Å²) in [5.74, 6) is -0.348. The molecule has 0 heterocycles. The van der Waals surface area contributed by atoms with Crippen LogP contribution in [0.3, 0.4) is 0 Å². The van der Waals surface area contributed by atoms with Gasteiger partial charge in [0.15, 0.2) is 0 Å². The van der Waals surface area contributed by atoms with E-state index in [0.717, 1.165) is 5.56 Å². The molecule has 0 aliphatic heterocycles. The quantitative estimate of drug-likeness (QED) is 0.817. The molecule has 0 aliphatic rings. The third-order valence-corrected chi connectivity index (χ3v) is 2.25. The van der Waals surface area contributed by atoms with Crippen LogP contribution in [0, 0.1) is 6.92 Å². The predicted molar refractivity (Wildman–Crippen MR) is 68.7 cm³/mol. The first-order chi connectivity index (χ1) is 7.78. The second-order valence-electron chi connectivity index (χ2n) is 5.33. The third-order valence-electron chi connectivity index (χ3n) is 2.25. The summed E-state index contributed by atoms with van der Waals surface area (Å²) in [5.41, 5.74) is 7.57. The number of carbonyl (C=O) groups is 1. The molecule has 3 heteroatoms. The molecule has 0 aromatic heterocycles. The van der Waals surface area contributed by atoms with Gasteiger partial charge >= 0.3 is 5.97 Å². The molecule has 94 valence electrons. The minimum absolute atomic E-state index is 0.348. The van der Waals surface area contributed by atoms with Crippen molar-refractivity contribution in [1.29, 1.82) is 0 Å². The Morgan fingerprint density at radius 3 is 2.59 bits per heavy atom. The van der Waals surface area contributed by atoms with Gasteiger partial charge in [0.2, 0.25) is 0 Å². The van der Waals surface area contributed by atoms with Crippen molar-refractivity contribution in [2.24, 2.45) is 5.73 Å². The molecule has 0 spiro atoms. The minimum Gasteiger partial charge on any atom is -0.459 e. The monoisotopic (exact) mass is 235 g/mol.